The number of allylic oxidation sites excluding steroid dienone is 2. The molecule has 1 aliphatic heterocycles. The van der Waals surface area contributed by atoms with Crippen molar-refractivity contribution in [3.8, 4) is 0 Å². The molecule has 1 aromatic carbocycles. The highest BCUT2D eigenvalue weighted by molar-refractivity contribution is 5.74. The standard InChI is InChI=1S/C11H12N3/c12-8-10-3-1-2-9(6-10)7-11-4-5-13-14-11/h1-6H,7-8,12H2. The molecule has 0 fully saturated rings. The lowest BCUT2D eigenvalue weighted by Gasteiger charge is -2.03. The van der Waals surface area contributed by atoms with Crippen molar-refractivity contribution in [1.29, 1.82) is 0 Å². The first-order valence-electron chi connectivity index (χ1n) is 4.59. The second-order valence-electron chi connectivity index (χ2n) is 3.22. The summed E-state index contributed by atoms with van der Waals surface area (Å²) in [6, 6.07) is 8.23. The molecule has 0 unspecified atom stereocenters. The summed E-state index contributed by atoms with van der Waals surface area (Å²) in [5.74, 6) is 0. The Balaban J connectivity index is 2.09. The Bertz CT molecular complexity index is 380. The SMILES string of the molecule is NCc1cccc(CC2=CC=N[N]2)c1. The van der Waals surface area contributed by atoms with Gasteiger partial charge in [-0.15, -0.1) is 0 Å². The van der Waals surface area contributed by atoms with Crippen LogP contribution >= 0.6 is 0 Å². The molecule has 0 amide bonds. The second-order valence-corrected chi connectivity index (χ2v) is 3.22. The quantitative estimate of drug-likeness (QED) is 0.757. The summed E-state index contributed by atoms with van der Waals surface area (Å²) in [4.78, 5) is 0. The normalized spacial score (nSPS) is 13.9. The first-order valence-corrected chi connectivity index (χ1v) is 4.59. The van der Waals surface area contributed by atoms with Crippen LogP contribution in [0, 0.1) is 0 Å². The van der Waals surface area contributed by atoms with Gasteiger partial charge in [-0.05, 0) is 17.2 Å². The van der Waals surface area contributed by atoms with E-state index in [0.29, 0.717) is 6.54 Å². The van der Waals surface area contributed by atoms with E-state index in [2.05, 4.69) is 22.7 Å². The third kappa shape index (κ3) is 2.00. The van der Waals surface area contributed by atoms with Crippen LogP contribution in [0.3, 0.4) is 0 Å². The molecule has 0 aromatic heterocycles. The van der Waals surface area contributed by atoms with Gasteiger partial charge in [-0.1, -0.05) is 24.3 Å². The lowest BCUT2D eigenvalue weighted by atomic mass is 10.1. The van der Waals surface area contributed by atoms with Crippen molar-refractivity contribution in [2.24, 2.45) is 10.8 Å². The molecular formula is C11H12N3. The zero-order chi connectivity index (χ0) is 9.80. The van der Waals surface area contributed by atoms with E-state index in [9.17, 15) is 0 Å². The maximum atomic E-state index is 5.56. The summed E-state index contributed by atoms with van der Waals surface area (Å²) >= 11 is 0. The molecule has 2 N–H and O–H groups in total. The number of nitrogens with two attached hydrogens (primary N) is 1. The van der Waals surface area contributed by atoms with E-state index in [1.807, 2.05) is 18.2 Å². The predicted molar refractivity (Wildman–Crippen MR) is 56.7 cm³/mol. The number of benzene rings is 1. The molecule has 71 valence electrons. The van der Waals surface area contributed by atoms with Crippen molar-refractivity contribution in [2.45, 2.75) is 13.0 Å². The first kappa shape index (κ1) is 8.97. The second kappa shape index (κ2) is 4.07. The van der Waals surface area contributed by atoms with Gasteiger partial charge in [0.2, 0.25) is 0 Å². The lowest BCUT2D eigenvalue weighted by Crippen LogP contribution is -2.00. The number of hydrogen-bond acceptors (Lipinski definition) is 2. The topological polar surface area (TPSA) is 52.5 Å². The van der Waals surface area contributed by atoms with E-state index < -0.39 is 0 Å². The third-order valence-electron chi connectivity index (χ3n) is 2.13. The Kier molecular flexibility index (Phi) is 2.60. The van der Waals surface area contributed by atoms with E-state index in [4.69, 9.17) is 5.73 Å². The first-order chi connectivity index (χ1) is 6.88. The van der Waals surface area contributed by atoms with Crippen LogP contribution in [0.15, 0.2) is 41.1 Å². The smallest absolute Gasteiger partial charge is 0.0690 e. The molecule has 1 aromatic rings. The summed E-state index contributed by atoms with van der Waals surface area (Å²) < 4.78 is 0. The third-order valence-corrected chi connectivity index (χ3v) is 2.13. The van der Waals surface area contributed by atoms with Crippen LogP contribution in [0.5, 0.6) is 0 Å². The predicted octanol–water partition coefficient (Wildman–Crippen LogP) is 1.18. The van der Waals surface area contributed by atoms with E-state index in [-0.39, 0.29) is 0 Å². The van der Waals surface area contributed by atoms with Crippen molar-refractivity contribution < 1.29 is 0 Å². The van der Waals surface area contributed by atoms with Crippen LogP contribution in [0.4, 0.5) is 0 Å². The average Bonchev–Trinajstić information content (AvgIpc) is 2.71. The highest BCUT2D eigenvalue weighted by Gasteiger charge is 2.03. The minimum absolute atomic E-state index is 0.584. The fourth-order valence-corrected chi connectivity index (χ4v) is 1.43. The molecule has 14 heavy (non-hydrogen) atoms. The fourth-order valence-electron chi connectivity index (χ4n) is 1.43. The summed E-state index contributed by atoms with van der Waals surface area (Å²) in [5.41, 5.74) is 12.9. The van der Waals surface area contributed by atoms with Gasteiger partial charge in [0, 0.05) is 13.0 Å². The summed E-state index contributed by atoms with van der Waals surface area (Å²) in [7, 11) is 0. The summed E-state index contributed by atoms with van der Waals surface area (Å²) in [6.45, 7) is 0.584. The van der Waals surface area contributed by atoms with E-state index in [1.54, 1.807) is 6.21 Å². The number of hydrogen-bond donors (Lipinski definition) is 1. The molecule has 3 nitrogen and oxygen atoms in total. The Morgan fingerprint density at radius 1 is 1.21 bits per heavy atom. The summed E-state index contributed by atoms with van der Waals surface area (Å²) in [5, 5.41) is 3.79. The Labute approximate surface area is 83.3 Å². The zero-order valence-corrected chi connectivity index (χ0v) is 7.85. The van der Waals surface area contributed by atoms with Gasteiger partial charge in [0.25, 0.3) is 0 Å². The van der Waals surface area contributed by atoms with Crippen LogP contribution in [0.1, 0.15) is 11.1 Å². The lowest BCUT2D eigenvalue weighted by molar-refractivity contribution is 0.851. The van der Waals surface area contributed by atoms with Gasteiger partial charge in [0.05, 0.1) is 11.9 Å². The van der Waals surface area contributed by atoms with Crippen molar-refractivity contribution in [2.75, 3.05) is 0 Å². The van der Waals surface area contributed by atoms with Crippen molar-refractivity contribution in [1.82, 2.24) is 5.43 Å². The number of rotatable bonds is 3. The molecule has 0 atom stereocenters. The molecule has 0 saturated carbocycles. The van der Waals surface area contributed by atoms with E-state index in [1.165, 1.54) is 5.56 Å². The minimum Gasteiger partial charge on any atom is -0.326 e. The Morgan fingerprint density at radius 2 is 2.07 bits per heavy atom. The van der Waals surface area contributed by atoms with Gasteiger partial charge < -0.3 is 5.73 Å². The molecule has 1 heterocycles. The monoisotopic (exact) mass is 186 g/mol. The van der Waals surface area contributed by atoms with E-state index >= 15 is 0 Å². The molecule has 1 aliphatic rings. The van der Waals surface area contributed by atoms with E-state index in [0.717, 1.165) is 17.7 Å². The molecule has 0 spiro atoms. The molecule has 1 radical (unpaired) electrons. The molecule has 3 heteroatoms. The van der Waals surface area contributed by atoms with Crippen molar-refractivity contribution in [3.05, 3.63) is 47.2 Å². The van der Waals surface area contributed by atoms with Crippen LogP contribution in [-0.4, -0.2) is 6.21 Å². The van der Waals surface area contributed by atoms with Crippen LogP contribution in [0.25, 0.3) is 0 Å². The maximum absolute atomic E-state index is 5.56. The van der Waals surface area contributed by atoms with Gasteiger partial charge in [-0.3, -0.25) is 0 Å². The minimum atomic E-state index is 0.584. The van der Waals surface area contributed by atoms with Gasteiger partial charge in [0.15, 0.2) is 0 Å². The largest absolute Gasteiger partial charge is 0.326 e. The van der Waals surface area contributed by atoms with Crippen molar-refractivity contribution in [3.63, 3.8) is 0 Å². The van der Waals surface area contributed by atoms with Crippen LogP contribution < -0.4 is 11.2 Å². The van der Waals surface area contributed by atoms with Gasteiger partial charge in [-0.25, -0.2) is 0 Å². The maximum Gasteiger partial charge on any atom is 0.0690 e. The molecule has 0 saturated heterocycles. The van der Waals surface area contributed by atoms with Gasteiger partial charge in [-0.2, -0.15) is 10.5 Å². The molecule has 0 aliphatic carbocycles. The molecule has 0 bridgehead atoms. The van der Waals surface area contributed by atoms with Crippen molar-refractivity contribution >= 4 is 6.21 Å². The van der Waals surface area contributed by atoms with Crippen LogP contribution in [-0.2, 0) is 13.0 Å². The fraction of sp³-hybridized carbons (Fsp3) is 0.182. The number of nitrogens with zero attached hydrogens (tertiary/aromatic N) is 2. The zero-order valence-electron chi connectivity index (χ0n) is 7.85. The Hall–Kier alpha value is -1.61. The van der Waals surface area contributed by atoms with Gasteiger partial charge >= 0.3 is 0 Å². The highest BCUT2D eigenvalue weighted by atomic mass is 15.3. The molecular weight excluding hydrogens is 174 g/mol. The van der Waals surface area contributed by atoms with Crippen LogP contribution in [0.2, 0.25) is 0 Å². The average molecular weight is 186 g/mol. The molecule has 2 rings (SSSR count). The Morgan fingerprint density at radius 3 is 2.79 bits per heavy atom. The summed E-state index contributed by atoms with van der Waals surface area (Å²) in [6.07, 6.45) is 4.46. The van der Waals surface area contributed by atoms with Gasteiger partial charge in [0.1, 0.15) is 0 Å². The highest BCUT2D eigenvalue weighted by Crippen LogP contribution is 2.10.